The summed E-state index contributed by atoms with van der Waals surface area (Å²) in [5, 5.41) is 16.0. The van der Waals surface area contributed by atoms with Crippen LogP contribution < -0.4 is 5.32 Å². The smallest absolute Gasteiger partial charge is 0.135 e. The molecule has 0 radical (unpaired) electrons. The van der Waals surface area contributed by atoms with Crippen molar-refractivity contribution >= 4 is 17.3 Å². The molecule has 0 bridgehead atoms. The monoisotopic (exact) mass is 351 g/mol. The second kappa shape index (κ2) is 7.73. The van der Waals surface area contributed by atoms with Crippen LogP contribution in [0.1, 0.15) is 24.5 Å². The molecule has 0 aliphatic heterocycles. The maximum atomic E-state index is 11.8. The molecule has 3 aromatic rings. The summed E-state index contributed by atoms with van der Waals surface area (Å²) in [6.07, 6.45) is 0.753. The zero-order valence-corrected chi connectivity index (χ0v) is 14.9. The summed E-state index contributed by atoms with van der Waals surface area (Å²) in [6, 6.07) is 27.0. The maximum Gasteiger partial charge on any atom is 0.135 e. The molecule has 0 spiro atoms. The third-order valence-electron chi connectivity index (χ3n) is 4.53. The molecule has 0 aromatic heterocycles. The van der Waals surface area contributed by atoms with Crippen molar-refractivity contribution in [2.24, 2.45) is 0 Å². The first kappa shape index (κ1) is 17.5. The summed E-state index contributed by atoms with van der Waals surface area (Å²) in [5.74, 6) is 0. The van der Waals surface area contributed by atoms with Gasteiger partial charge in [0.25, 0.3) is 0 Å². The van der Waals surface area contributed by atoms with Gasteiger partial charge in [0.2, 0.25) is 0 Å². The van der Waals surface area contributed by atoms with Gasteiger partial charge in [0.15, 0.2) is 0 Å². The highest BCUT2D eigenvalue weighted by Gasteiger charge is 2.39. The number of anilines is 1. The average Bonchev–Trinajstić information content (AvgIpc) is 2.68. The van der Waals surface area contributed by atoms with E-state index < -0.39 is 5.60 Å². The van der Waals surface area contributed by atoms with E-state index in [9.17, 15) is 5.11 Å². The molecule has 128 valence electrons. The lowest BCUT2D eigenvalue weighted by atomic mass is 9.79. The van der Waals surface area contributed by atoms with Gasteiger partial charge in [0.05, 0.1) is 6.04 Å². The van der Waals surface area contributed by atoms with Crippen LogP contribution in [0.5, 0.6) is 0 Å². The normalized spacial score (nSPS) is 12.6. The molecule has 0 amide bonds. The van der Waals surface area contributed by atoms with Crippen molar-refractivity contribution in [3.8, 4) is 0 Å². The predicted molar refractivity (Wildman–Crippen MR) is 105 cm³/mol. The number of hydrogen-bond donors (Lipinski definition) is 2. The Hall–Kier alpha value is -2.29. The summed E-state index contributed by atoms with van der Waals surface area (Å²) < 4.78 is 0. The Morgan fingerprint density at radius 3 is 1.76 bits per heavy atom. The fourth-order valence-corrected chi connectivity index (χ4v) is 3.33. The molecule has 1 unspecified atom stereocenters. The van der Waals surface area contributed by atoms with Crippen LogP contribution in [0.15, 0.2) is 84.9 Å². The highest BCUT2D eigenvalue weighted by molar-refractivity contribution is 6.30. The molecular weight excluding hydrogens is 330 g/mol. The molecule has 0 heterocycles. The number of aliphatic hydroxyl groups is 1. The molecule has 25 heavy (non-hydrogen) atoms. The maximum absolute atomic E-state index is 11.8. The molecule has 1 atom stereocenters. The number of nitrogens with one attached hydrogen (secondary N) is 1. The van der Waals surface area contributed by atoms with Gasteiger partial charge in [-0.05, 0) is 41.8 Å². The fraction of sp³-hybridized carbons (Fsp3) is 0.182. The zero-order valence-electron chi connectivity index (χ0n) is 14.2. The Labute approximate surface area is 154 Å². The lowest BCUT2D eigenvalue weighted by molar-refractivity contribution is 0.0576. The summed E-state index contributed by atoms with van der Waals surface area (Å²) in [5.41, 5.74) is 1.53. The number of halogens is 1. The van der Waals surface area contributed by atoms with Crippen LogP contribution in [0.25, 0.3) is 0 Å². The van der Waals surface area contributed by atoms with Crippen molar-refractivity contribution in [3.05, 3.63) is 101 Å². The van der Waals surface area contributed by atoms with Gasteiger partial charge in [-0.25, -0.2) is 0 Å². The Morgan fingerprint density at radius 2 is 1.32 bits per heavy atom. The van der Waals surface area contributed by atoms with E-state index in [2.05, 4.69) is 12.2 Å². The quantitative estimate of drug-likeness (QED) is 0.617. The van der Waals surface area contributed by atoms with Crippen LogP contribution in [-0.4, -0.2) is 11.1 Å². The third kappa shape index (κ3) is 3.71. The second-order valence-corrected chi connectivity index (χ2v) is 6.55. The number of hydrogen-bond acceptors (Lipinski definition) is 2. The van der Waals surface area contributed by atoms with Crippen LogP contribution in [0.3, 0.4) is 0 Å². The van der Waals surface area contributed by atoms with E-state index in [1.54, 1.807) is 0 Å². The first-order valence-electron chi connectivity index (χ1n) is 8.50. The summed E-state index contributed by atoms with van der Waals surface area (Å²) in [7, 11) is 0. The molecule has 3 heteroatoms. The van der Waals surface area contributed by atoms with E-state index in [-0.39, 0.29) is 6.04 Å². The van der Waals surface area contributed by atoms with E-state index >= 15 is 0 Å². The number of benzene rings is 3. The van der Waals surface area contributed by atoms with Gasteiger partial charge >= 0.3 is 0 Å². The Morgan fingerprint density at radius 1 is 0.840 bits per heavy atom. The lowest BCUT2D eigenvalue weighted by Crippen LogP contribution is -2.45. The summed E-state index contributed by atoms with van der Waals surface area (Å²) >= 11 is 5.99. The third-order valence-corrected chi connectivity index (χ3v) is 4.78. The van der Waals surface area contributed by atoms with E-state index in [0.717, 1.165) is 23.2 Å². The first-order valence-corrected chi connectivity index (χ1v) is 8.88. The van der Waals surface area contributed by atoms with Gasteiger partial charge in [-0.3, -0.25) is 0 Å². The van der Waals surface area contributed by atoms with Crippen molar-refractivity contribution in [3.63, 3.8) is 0 Å². The van der Waals surface area contributed by atoms with Gasteiger partial charge in [-0.1, -0.05) is 79.2 Å². The minimum absolute atomic E-state index is 0.196. The molecule has 2 N–H and O–H groups in total. The molecule has 2 nitrogen and oxygen atoms in total. The van der Waals surface area contributed by atoms with Crippen LogP contribution in [0.2, 0.25) is 5.02 Å². The predicted octanol–water partition coefficient (Wildman–Crippen LogP) is 5.47. The summed E-state index contributed by atoms with van der Waals surface area (Å²) in [6.45, 7) is 2.07. The molecule has 0 saturated carbocycles. The SMILES string of the molecule is CCC(Nc1ccc(Cl)cc1)C(O)(c1ccccc1)c1ccccc1. The Bertz CT molecular complexity index is 748. The molecule has 0 aliphatic carbocycles. The van der Waals surface area contributed by atoms with Gasteiger partial charge in [0, 0.05) is 10.7 Å². The van der Waals surface area contributed by atoms with Crippen LogP contribution >= 0.6 is 11.6 Å². The molecule has 0 saturated heterocycles. The van der Waals surface area contributed by atoms with Crippen LogP contribution in [0.4, 0.5) is 5.69 Å². The molecular formula is C22H22ClNO. The van der Waals surface area contributed by atoms with E-state index in [1.807, 2.05) is 84.9 Å². The largest absolute Gasteiger partial charge is 0.379 e. The lowest BCUT2D eigenvalue weighted by Gasteiger charge is -2.38. The van der Waals surface area contributed by atoms with Crippen molar-refractivity contribution in [1.82, 2.24) is 0 Å². The van der Waals surface area contributed by atoms with Crippen molar-refractivity contribution in [2.75, 3.05) is 5.32 Å². The Balaban J connectivity index is 2.04. The topological polar surface area (TPSA) is 32.3 Å². The van der Waals surface area contributed by atoms with E-state index in [1.165, 1.54) is 0 Å². The van der Waals surface area contributed by atoms with E-state index in [4.69, 9.17) is 11.6 Å². The minimum atomic E-state index is -1.14. The zero-order chi connectivity index (χ0) is 17.7. The molecule has 0 aliphatic rings. The molecule has 3 aromatic carbocycles. The minimum Gasteiger partial charge on any atom is -0.379 e. The molecule has 3 rings (SSSR count). The van der Waals surface area contributed by atoms with Crippen molar-refractivity contribution in [2.45, 2.75) is 25.0 Å². The van der Waals surface area contributed by atoms with Crippen molar-refractivity contribution in [1.29, 1.82) is 0 Å². The Kier molecular flexibility index (Phi) is 5.42. The van der Waals surface area contributed by atoms with E-state index in [0.29, 0.717) is 5.02 Å². The first-order chi connectivity index (χ1) is 12.1. The van der Waals surface area contributed by atoms with Gasteiger partial charge in [-0.15, -0.1) is 0 Å². The fourth-order valence-electron chi connectivity index (χ4n) is 3.20. The molecule has 0 fully saturated rings. The van der Waals surface area contributed by atoms with Gasteiger partial charge in [-0.2, -0.15) is 0 Å². The highest BCUT2D eigenvalue weighted by Crippen LogP contribution is 2.36. The van der Waals surface area contributed by atoms with Crippen molar-refractivity contribution < 1.29 is 5.11 Å². The second-order valence-electron chi connectivity index (χ2n) is 6.11. The number of rotatable bonds is 6. The van der Waals surface area contributed by atoms with Gasteiger partial charge in [0.1, 0.15) is 5.60 Å². The highest BCUT2D eigenvalue weighted by atomic mass is 35.5. The van der Waals surface area contributed by atoms with Crippen LogP contribution in [-0.2, 0) is 5.60 Å². The standard InChI is InChI=1S/C22H22ClNO/c1-2-21(24-20-15-13-19(23)14-16-20)22(25,17-9-5-3-6-10-17)18-11-7-4-8-12-18/h3-16,21,24-25H,2H2,1H3. The average molecular weight is 352 g/mol. The van der Waals surface area contributed by atoms with Gasteiger partial charge < -0.3 is 10.4 Å². The summed E-state index contributed by atoms with van der Waals surface area (Å²) in [4.78, 5) is 0. The van der Waals surface area contributed by atoms with Crippen LogP contribution in [0, 0.1) is 0 Å².